The summed E-state index contributed by atoms with van der Waals surface area (Å²) < 4.78 is 15.5. The maximum Gasteiger partial charge on any atom is 0.309 e. The van der Waals surface area contributed by atoms with E-state index in [-0.39, 0.29) is 13.0 Å². The normalized spacial score (nSPS) is 10.1. The van der Waals surface area contributed by atoms with Crippen LogP contribution in [0.2, 0.25) is 10.0 Å². The lowest BCUT2D eigenvalue weighted by Crippen LogP contribution is -2.21. The zero-order chi connectivity index (χ0) is 18.9. The van der Waals surface area contributed by atoms with Crippen LogP contribution in [0.5, 0.6) is 11.5 Å². The van der Waals surface area contributed by atoms with E-state index in [4.69, 9.17) is 37.4 Å². The van der Waals surface area contributed by atoms with Crippen molar-refractivity contribution in [3.05, 3.63) is 52.5 Å². The fourth-order valence-electron chi connectivity index (χ4n) is 2.02. The second kappa shape index (κ2) is 9.89. The minimum atomic E-state index is -0.556. The molecule has 8 heteroatoms. The fraction of sp³-hybridized carbons (Fsp3) is 0.222. The molecule has 26 heavy (non-hydrogen) atoms. The highest BCUT2D eigenvalue weighted by Crippen LogP contribution is 2.25. The number of carbonyl (C=O) groups is 2. The summed E-state index contributed by atoms with van der Waals surface area (Å²) in [6.45, 7) is -0.317. The van der Waals surface area contributed by atoms with Gasteiger partial charge in [-0.25, -0.2) is 0 Å². The van der Waals surface area contributed by atoms with Crippen molar-refractivity contribution < 1.29 is 23.8 Å². The molecule has 1 amide bonds. The van der Waals surface area contributed by atoms with Crippen molar-refractivity contribution >= 4 is 40.8 Å². The summed E-state index contributed by atoms with van der Waals surface area (Å²) in [7, 11) is 1.53. The molecule has 0 saturated carbocycles. The molecule has 0 aliphatic heterocycles. The molecule has 0 fully saturated rings. The highest BCUT2D eigenvalue weighted by molar-refractivity contribution is 6.35. The zero-order valence-corrected chi connectivity index (χ0v) is 15.5. The Morgan fingerprint density at radius 1 is 1.04 bits per heavy atom. The van der Waals surface area contributed by atoms with Crippen molar-refractivity contribution in [2.45, 2.75) is 6.42 Å². The van der Waals surface area contributed by atoms with E-state index in [0.717, 1.165) is 0 Å². The Morgan fingerprint density at radius 2 is 1.69 bits per heavy atom. The molecule has 0 heterocycles. The number of hydrogen-bond donors (Lipinski definition) is 1. The summed E-state index contributed by atoms with van der Waals surface area (Å²) in [6.07, 6.45) is -0.00563. The van der Waals surface area contributed by atoms with Gasteiger partial charge < -0.3 is 19.5 Å². The number of nitrogens with one attached hydrogen (secondary N) is 1. The molecular weight excluding hydrogens is 381 g/mol. The van der Waals surface area contributed by atoms with E-state index in [1.165, 1.54) is 19.2 Å². The largest absolute Gasteiger partial charge is 0.493 e. The Morgan fingerprint density at radius 3 is 2.35 bits per heavy atom. The number of halogens is 2. The Hall–Kier alpha value is -2.44. The topological polar surface area (TPSA) is 73.9 Å². The molecule has 2 aromatic carbocycles. The summed E-state index contributed by atoms with van der Waals surface area (Å²) in [5.41, 5.74) is 0.419. The lowest BCUT2D eigenvalue weighted by atomic mass is 10.3. The summed E-state index contributed by atoms with van der Waals surface area (Å²) in [4.78, 5) is 23.5. The van der Waals surface area contributed by atoms with Crippen LogP contribution in [0.1, 0.15) is 6.42 Å². The lowest BCUT2D eigenvalue weighted by molar-refractivity contribution is -0.147. The SMILES string of the molecule is COc1ccccc1OCCC(=O)OCC(=O)Nc1cc(Cl)cc(Cl)c1. The van der Waals surface area contributed by atoms with E-state index in [0.29, 0.717) is 27.2 Å². The minimum Gasteiger partial charge on any atom is -0.493 e. The van der Waals surface area contributed by atoms with Gasteiger partial charge in [-0.3, -0.25) is 9.59 Å². The van der Waals surface area contributed by atoms with Crippen molar-refractivity contribution in [2.24, 2.45) is 0 Å². The number of carbonyl (C=O) groups excluding carboxylic acids is 2. The van der Waals surface area contributed by atoms with Crippen LogP contribution in [-0.2, 0) is 14.3 Å². The van der Waals surface area contributed by atoms with Gasteiger partial charge in [-0.2, -0.15) is 0 Å². The van der Waals surface area contributed by atoms with Crippen LogP contribution in [-0.4, -0.2) is 32.2 Å². The summed E-state index contributed by atoms with van der Waals surface area (Å²) in [6, 6.07) is 11.7. The number of benzene rings is 2. The molecule has 6 nitrogen and oxygen atoms in total. The van der Waals surface area contributed by atoms with Crippen molar-refractivity contribution in [2.75, 3.05) is 25.6 Å². The Balaban J connectivity index is 1.72. The van der Waals surface area contributed by atoms with Gasteiger partial charge in [-0.1, -0.05) is 35.3 Å². The first-order valence-corrected chi connectivity index (χ1v) is 8.41. The van der Waals surface area contributed by atoms with Gasteiger partial charge in [-0.15, -0.1) is 0 Å². The molecule has 2 rings (SSSR count). The molecule has 0 unspecified atom stereocenters. The molecule has 0 bridgehead atoms. The van der Waals surface area contributed by atoms with Crippen LogP contribution in [0.4, 0.5) is 5.69 Å². The van der Waals surface area contributed by atoms with Gasteiger partial charge in [0.2, 0.25) is 0 Å². The summed E-state index contributed by atoms with van der Waals surface area (Å²) >= 11 is 11.7. The summed E-state index contributed by atoms with van der Waals surface area (Å²) in [5.74, 6) is 0.0420. The van der Waals surface area contributed by atoms with Crippen molar-refractivity contribution in [1.82, 2.24) is 0 Å². The number of hydrogen-bond acceptors (Lipinski definition) is 5. The molecule has 0 aliphatic carbocycles. The third kappa shape index (κ3) is 6.46. The van der Waals surface area contributed by atoms with E-state index >= 15 is 0 Å². The van der Waals surface area contributed by atoms with E-state index in [9.17, 15) is 9.59 Å². The Kier molecular flexibility index (Phi) is 7.56. The fourth-order valence-corrected chi connectivity index (χ4v) is 2.55. The molecule has 0 aliphatic rings. The first-order valence-electron chi connectivity index (χ1n) is 7.65. The monoisotopic (exact) mass is 397 g/mol. The van der Waals surface area contributed by atoms with Crippen molar-refractivity contribution in [3.63, 3.8) is 0 Å². The molecule has 0 atom stereocenters. The number of amides is 1. The van der Waals surface area contributed by atoms with Gasteiger partial charge in [0.15, 0.2) is 18.1 Å². The van der Waals surface area contributed by atoms with Crippen molar-refractivity contribution in [3.8, 4) is 11.5 Å². The number of rotatable bonds is 8. The average Bonchev–Trinajstić information content (AvgIpc) is 2.59. The molecule has 1 N–H and O–H groups in total. The third-order valence-electron chi connectivity index (χ3n) is 3.14. The quantitative estimate of drug-likeness (QED) is 0.682. The van der Waals surface area contributed by atoms with E-state index in [2.05, 4.69) is 5.32 Å². The summed E-state index contributed by atoms with van der Waals surface area (Å²) in [5, 5.41) is 3.32. The van der Waals surface area contributed by atoms with Crippen LogP contribution in [0.25, 0.3) is 0 Å². The Bertz CT molecular complexity index is 762. The maximum absolute atomic E-state index is 11.8. The number of anilines is 1. The van der Waals surface area contributed by atoms with Gasteiger partial charge in [0.1, 0.15) is 0 Å². The Labute approximate surface area is 160 Å². The van der Waals surface area contributed by atoms with Crippen molar-refractivity contribution in [1.29, 1.82) is 0 Å². The number of methoxy groups -OCH3 is 1. The second-order valence-electron chi connectivity index (χ2n) is 5.12. The molecule has 0 aromatic heterocycles. The van der Waals surface area contributed by atoms with Gasteiger partial charge in [-0.05, 0) is 30.3 Å². The zero-order valence-electron chi connectivity index (χ0n) is 14.0. The highest BCUT2D eigenvalue weighted by atomic mass is 35.5. The molecule has 0 radical (unpaired) electrons. The van der Waals surface area contributed by atoms with E-state index < -0.39 is 18.5 Å². The molecule has 2 aromatic rings. The molecule has 0 saturated heterocycles. The highest BCUT2D eigenvalue weighted by Gasteiger charge is 2.10. The van der Waals surface area contributed by atoms with E-state index in [1.807, 2.05) is 6.07 Å². The molecular formula is C18H17Cl2NO5. The second-order valence-corrected chi connectivity index (χ2v) is 5.99. The molecule has 138 valence electrons. The standard InChI is InChI=1S/C18H17Cl2NO5/c1-24-15-4-2-3-5-16(15)25-7-6-18(23)26-11-17(22)21-14-9-12(19)8-13(20)10-14/h2-5,8-10H,6-7,11H2,1H3,(H,21,22). The van der Waals surface area contributed by atoms with Crippen LogP contribution in [0.3, 0.4) is 0 Å². The van der Waals surface area contributed by atoms with Crippen LogP contribution < -0.4 is 14.8 Å². The third-order valence-corrected chi connectivity index (χ3v) is 3.58. The first-order chi connectivity index (χ1) is 12.5. The minimum absolute atomic E-state index is 0.00563. The number of esters is 1. The number of ether oxygens (including phenoxy) is 3. The van der Waals surface area contributed by atoms with Crippen LogP contribution in [0, 0.1) is 0 Å². The van der Waals surface area contributed by atoms with Crippen LogP contribution >= 0.6 is 23.2 Å². The first kappa shape index (κ1) is 19.9. The van der Waals surface area contributed by atoms with Gasteiger partial charge in [0.05, 0.1) is 20.1 Å². The smallest absolute Gasteiger partial charge is 0.309 e. The lowest BCUT2D eigenvalue weighted by Gasteiger charge is -2.10. The predicted molar refractivity (Wildman–Crippen MR) is 99.2 cm³/mol. The van der Waals surface area contributed by atoms with Gasteiger partial charge in [0.25, 0.3) is 5.91 Å². The van der Waals surface area contributed by atoms with Gasteiger partial charge in [0, 0.05) is 15.7 Å². The number of para-hydroxylation sites is 2. The molecule has 0 spiro atoms. The average molecular weight is 398 g/mol. The predicted octanol–water partition coefficient (Wildman–Crippen LogP) is 3.95. The van der Waals surface area contributed by atoms with E-state index in [1.54, 1.807) is 24.3 Å². The van der Waals surface area contributed by atoms with Crippen LogP contribution in [0.15, 0.2) is 42.5 Å². The maximum atomic E-state index is 11.8. The van der Waals surface area contributed by atoms with Gasteiger partial charge >= 0.3 is 5.97 Å².